The van der Waals surface area contributed by atoms with Crippen LogP contribution in [0.3, 0.4) is 0 Å². The number of carbonyl (C=O) groups is 3. The first-order valence-corrected chi connectivity index (χ1v) is 12.9. The summed E-state index contributed by atoms with van der Waals surface area (Å²) in [6.45, 7) is 0. The number of phenolic OH excluding ortho intramolecular Hbond substituents is 1. The van der Waals surface area contributed by atoms with E-state index in [2.05, 4.69) is 45.2 Å². The van der Waals surface area contributed by atoms with Gasteiger partial charge in [-0.25, -0.2) is 4.90 Å². The molecule has 0 aliphatic carbocycles. The van der Waals surface area contributed by atoms with Crippen LogP contribution in [-0.4, -0.2) is 33.8 Å². The van der Waals surface area contributed by atoms with Gasteiger partial charge in [0.15, 0.2) is 5.75 Å². The lowest BCUT2D eigenvalue weighted by molar-refractivity contribution is -0.150. The first kappa shape index (κ1) is 24.4. The topological polar surface area (TPSA) is 110 Å². The van der Waals surface area contributed by atoms with Crippen molar-refractivity contribution >= 4 is 108 Å². The molecule has 3 rings (SSSR count). The zero-order chi connectivity index (χ0) is 22.2. The number of hydrogen-bond donors (Lipinski definition) is 2. The zero-order valence-corrected chi connectivity index (χ0v) is 23.8. The van der Waals surface area contributed by atoms with Gasteiger partial charge in [-0.2, -0.15) is 0 Å². The highest BCUT2D eigenvalue weighted by Crippen LogP contribution is 2.37. The average molecular weight is 850 g/mol. The van der Waals surface area contributed by atoms with Crippen LogP contribution in [0.15, 0.2) is 24.3 Å². The minimum absolute atomic E-state index is 0.0499. The van der Waals surface area contributed by atoms with Gasteiger partial charge in [0, 0.05) is 12.8 Å². The fourth-order valence-electron chi connectivity index (χ4n) is 2.88. The Hall–Kier alpha value is -0.270. The maximum Gasteiger partial charge on any atom is 0.253 e. The van der Waals surface area contributed by atoms with Crippen LogP contribution in [0.25, 0.3) is 0 Å². The van der Waals surface area contributed by atoms with Crippen molar-refractivity contribution < 1.29 is 24.2 Å². The molecule has 7 nitrogen and oxygen atoms in total. The van der Waals surface area contributed by atoms with Crippen LogP contribution in [-0.2, 0) is 20.8 Å². The van der Waals surface area contributed by atoms with Crippen molar-refractivity contribution in [1.29, 1.82) is 0 Å². The molecule has 1 fully saturated rings. The SMILES string of the molecule is NC(Cc1cc([125I])c(Oc2cc([125I])c(O)c([125I])c2)c([125I])c1)C(=O)N1C(=O)CCC1=O. The smallest absolute Gasteiger partial charge is 0.253 e. The lowest BCUT2D eigenvalue weighted by Gasteiger charge is -2.18. The molecule has 0 spiro atoms. The fraction of sp³-hybridized carbons (Fsp3) is 0.211. The summed E-state index contributed by atoms with van der Waals surface area (Å²) in [5.74, 6) is -0.179. The summed E-state index contributed by atoms with van der Waals surface area (Å²) in [6, 6.07) is 6.22. The number of ether oxygens (including phenoxy) is 1. The molecule has 1 heterocycles. The van der Waals surface area contributed by atoms with Gasteiger partial charge >= 0.3 is 0 Å². The molecule has 1 aliphatic rings. The number of rotatable bonds is 5. The number of nitrogens with zero attached hydrogens (tertiary/aromatic N) is 1. The number of imide groups is 3. The number of hydrogen-bond acceptors (Lipinski definition) is 6. The minimum atomic E-state index is -0.991. The molecule has 0 radical (unpaired) electrons. The number of aromatic hydroxyl groups is 1. The van der Waals surface area contributed by atoms with Gasteiger partial charge in [0.25, 0.3) is 5.91 Å². The summed E-state index contributed by atoms with van der Waals surface area (Å²) < 4.78 is 9.06. The molecule has 3 N–H and O–H groups in total. The second kappa shape index (κ2) is 10.1. The monoisotopic (exact) mass is 850 g/mol. The van der Waals surface area contributed by atoms with Gasteiger partial charge in [0.2, 0.25) is 11.8 Å². The molecule has 1 aliphatic heterocycles. The van der Waals surface area contributed by atoms with Crippen molar-refractivity contribution in [1.82, 2.24) is 4.90 Å². The van der Waals surface area contributed by atoms with Gasteiger partial charge in [-0.05, 0) is 127 Å². The van der Waals surface area contributed by atoms with E-state index in [1.807, 2.05) is 57.3 Å². The Bertz CT molecular complexity index is 997. The average Bonchev–Trinajstić information content (AvgIpc) is 3.00. The summed E-state index contributed by atoms with van der Waals surface area (Å²) in [7, 11) is 0. The molecular formula is C19H14I4N2O5. The highest BCUT2D eigenvalue weighted by molar-refractivity contribution is 14.1. The van der Waals surface area contributed by atoms with Crippen molar-refractivity contribution in [3.63, 3.8) is 0 Å². The standard InChI is InChI=1S/C19H14I4N2O5/c20-10-6-9(7-11(21)17(10)28)30-18-12(22)3-8(4-13(18)23)5-14(24)19(29)25-15(26)1-2-16(25)27/h3-4,6-7,14,28H,1-2,5,24H2/i20-2,21-2,22-2,23-2. The van der Waals surface area contributed by atoms with Crippen molar-refractivity contribution in [2.45, 2.75) is 25.3 Å². The van der Waals surface area contributed by atoms with Gasteiger partial charge in [-0.3, -0.25) is 14.4 Å². The van der Waals surface area contributed by atoms with Crippen LogP contribution in [0.1, 0.15) is 18.4 Å². The van der Waals surface area contributed by atoms with Crippen LogP contribution in [0.2, 0.25) is 0 Å². The third-order valence-corrected chi connectivity index (χ3v) is 7.56. The second-order valence-corrected chi connectivity index (χ2v) is 11.1. The number of carbonyl (C=O) groups excluding carboxylic acids is 3. The molecule has 0 saturated carbocycles. The van der Waals surface area contributed by atoms with E-state index in [1.165, 1.54) is 0 Å². The highest BCUT2D eigenvalue weighted by atomic mass is 125. The summed E-state index contributed by atoms with van der Waals surface area (Å²) in [5.41, 5.74) is 6.80. The fourth-order valence-corrected chi connectivity index (χ4v) is 6.70. The molecule has 2 aromatic carbocycles. The Morgan fingerprint density at radius 2 is 1.50 bits per heavy atom. The summed E-state index contributed by atoms with van der Waals surface area (Å²) in [4.78, 5) is 36.7. The predicted octanol–water partition coefficient (Wildman–Crippen LogP) is 4.15. The van der Waals surface area contributed by atoms with E-state index in [-0.39, 0.29) is 25.0 Å². The minimum Gasteiger partial charge on any atom is -0.506 e. The molecule has 0 bridgehead atoms. The number of nitrogens with two attached hydrogens (primary N) is 1. The molecular weight excluding hydrogens is 836 g/mol. The maximum absolute atomic E-state index is 12.4. The van der Waals surface area contributed by atoms with Gasteiger partial charge in [0.1, 0.15) is 11.5 Å². The normalized spacial score (nSPS) is 14.9. The molecule has 1 saturated heterocycles. The zero-order valence-electron chi connectivity index (χ0n) is 15.1. The maximum atomic E-state index is 12.4. The molecule has 30 heavy (non-hydrogen) atoms. The second-order valence-electron chi connectivity index (χ2n) is 6.50. The van der Waals surface area contributed by atoms with E-state index in [9.17, 15) is 19.5 Å². The number of likely N-dealkylation sites (tertiary alicyclic amines) is 1. The van der Waals surface area contributed by atoms with E-state index in [0.717, 1.165) is 12.7 Å². The number of halogens is 4. The lowest BCUT2D eigenvalue weighted by atomic mass is 10.1. The molecule has 0 aromatic heterocycles. The van der Waals surface area contributed by atoms with Crippen LogP contribution in [0, 0.1) is 14.3 Å². The number of benzene rings is 2. The molecule has 158 valence electrons. The highest BCUT2D eigenvalue weighted by Gasteiger charge is 2.36. The molecule has 1 atom stereocenters. The van der Waals surface area contributed by atoms with Gasteiger partial charge in [0.05, 0.1) is 20.3 Å². The van der Waals surface area contributed by atoms with Crippen LogP contribution in [0.5, 0.6) is 17.2 Å². The first-order chi connectivity index (χ1) is 14.1. The number of amides is 3. The third kappa shape index (κ3) is 5.37. The van der Waals surface area contributed by atoms with E-state index in [4.69, 9.17) is 10.5 Å². The molecule has 3 amide bonds. The van der Waals surface area contributed by atoms with Gasteiger partial charge in [-0.1, -0.05) is 0 Å². The van der Waals surface area contributed by atoms with Crippen molar-refractivity contribution in [3.8, 4) is 17.2 Å². The lowest BCUT2D eigenvalue weighted by Crippen LogP contribution is -2.47. The Morgan fingerprint density at radius 1 is 1.00 bits per heavy atom. The third-order valence-electron chi connectivity index (χ3n) is 4.31. The van der Waals surface area contributed by atoms with Crippen LogP contribution < -0.4 is 10.5 Å². The summed E-state index contributed by atoms with van der Waals surface area (Å²) >= 11 is 8.37. The molecule has 1 unspecified atom stereocenters. The van der Waals surface area contributed by atoms with E-state index >= 15 is 0 Å². The Labute approximate surface area is 227 Å². The van der Waals surface area contributed by atoms with E-state index in [0.29, 0.717) is 23.5 Å². The Morgan fingerprint density at radius 3 is 2.00 bits per heavy atom. The van der Waals surface area contributed by atoms with Crippen LogP contribution in [0.4, 0.5) is 0 Å². The number of phenols is 1. The molecule has 2 aromatic rings. The van der Waals surface area contributed by atoms with Crippen LogP contribution >= 0.6 is 90.4 Å². The van der Waals surface area contributed by atoms with E-state index < -0.39 is 23.8 Å². The van der Waals surface area contributed by atoms with Crippen molar-refractivity contribution in [2.24, 2.45) is 5.73 Å². The summed E-state index contributed by atoms with van der Waals surface area (Å²) in [6.07, 6.45) is 0.291. The Balaban J connectivity index is 1.78. The Kier molecular flexibility index (Phi) is 8.22. The van der Waals surface area contributed by atoms with Gasteiger partial charge in [-0.15, -0.1) is 0 Å². The largest absolute Gasteiger partial charge is 0.506 e. The quantitative estimate of drug-likeness (QED) is 0.346. The first-order valence-electron chi connectivity index (χ1n) is 8.57. The molecule has 11 heteroatoms. The van der Waals surface area contributed by atoms with E-state index in [1.54, 1.807) is 12.1 Å². The predicted molar refractivity (Wildman–Crippen MR) is 143 cm³/mol. The van der Waals surface area contributed by atoms with Gasteiger partial charge < -0.3 is 15.6 Å². The summed E-state index contributed by atoms with van der Waals surface area (Å²) in [5, 5.41) is 9.92. The van der Waals surface area contributed by atoms with Crippen molar-refractivity contribution in [2.75, 3.05) is 0 Å². The van der Waals surface area contributed by atoms with Crippen molar-refractivity contribution in [3.05, 3.63) is 44.1 Å².